The third-order valence-corrected chi connectivity index (χ3v) is 7.71. The lowest BCUT2D eigenvalue weighted by Crippen LogP contribution is -2.38. The molecule has 1 aliphatic heterocycles. The van der Waals surface area contributed by atoms with Crippen molar-refractivity contribution < 1.29 is 28.4 Å². The summed E-state index contributed by atoms with van der Waals surface area (Å²) >= 11 is 0. The minimum Gasteiger partial charge on any atom is -0.493 e. The Morgan fingerprint density at radius 2 is 1.46 bits per heavy atom. The maximum absolute atomic E-state index is 10.3. The predicted molar refractivity (Wildman–Crippen MR) is 143 cm³/mol. The number of methoxy groups -OCH3 is 6. The average Bonchev–Trinajstić information content (AvgIpc) is 2.93. The van der Waals surface area contributed by atoms with Crippen LogP contribution in [0.5, 0.6) is 34.5 Å². The van der Waals surface area contributed by atoms with Gasteiger partial charge in [-0.3, -0.25) is 4.90 Å². The van der Waals surface area contributed by atoms with Crippen LogP contribution in [0.3, 0.4) is 0 Å². The molecule has 0 bridgehead atoms. The fraction of sp³-hybridized carbons (Fsp3) is 0.552. The summed E-state index contributed by atoms with van der Waals surface area (Å²) in [6.45, 7) is 2.77. The van der Waals surface area contributed by atoms with Gasteiger partial charge in [-0.2, -0.15) is 5.26 Å². The molecule has 3 rings (SSSR count). The van der Waals surface area contributed by atoms with Gasteiger partial charge >= 0.3 is 0 Å². The maximum Gasteiger partial charge on any atom is 0.207 e. The SMILES string of the molecule is CCC(C#N)(CCCC1Cc2c(c(OC)c(OC)c(OC)c2OC)CN1C)c1ccc(OC)c(OC)c1. The van der Waals surface area contributed by atoms with Gasteiger partial charge in [0.2, 0.25) is 11.5 Å². The Morgan fingerprint density at radius 3 is 1.97 bits per heavy atom. The Kier molecular flexibility index (Phi) is 9.39. The molecule has 0 saturated carbocycles. The number of hydrogen-bond donors (Lipinski definition) is 0. The average molecular weight is 513 g/mol. The first kappa shape index (κ1) is 28.3. The molecule has 8 nitrogen and oxygen atoms in total. The molecule has 0 aliphatic carbocycles. The first-order valence-corrected chi connectivity index (χ1v) is 12.6. The summed E-state index contributed by atoms with van der Waals surface area (Å²) in [6, 6.07) is 8.69. The van der Waals surface area contributed by atoms with Gasteiger partial charge < -0.3 is 28.4 Å². The fourth-order valence-electron chi connectivity index (χ4n) is 5.53. The van der Waals surface area contributed by atoms with E-state index in [-0.39, 0.29) is 6.04 Å². The molecule has 0 amide bonds. The highest BCUT2D eigenvalue weighted by Gasteiger charge is 2.35. The van der Waals surface area contributed by atoms with Crippen LogP contribution >= 0.6 is 0 Å². The third kappa shape index (κ3) is 5.24. The molecule has 2 unspecified atom stereocenters. The van der Waals surface area contributed by atoms with Crippen LogP contribution in [0.4, 0.5) is 0 Å². The van der Waals surface area contributed by atoms with Crippen molar-refractivity contribution in [2.24, 2.45) is 0 Å². The molecule has 0 spiro atoms. The van der Waals surface area contributed by atoms with Crippen LogP contribution < -0.4 is 28.4 Å². The molecule has 0 radical (unpaired) electrons. The van der Waals surface area contributed by atoms with E-state index in [0.29, 0.717) is 47.5 Å². The lowest BCUT2D eigenvalue weighted by atomic mass is 9.75. The molecule has 0 N–H and O–H groups in total. The number of likely N-dealkylation sites (N-methyl/N-ethyl adjacent to an activating group) is 1. The van der Waals surface area contributed by atoms with Gasteiger partial charge in [0, 0.05) is 23.7 Å². The van der Waals surface area contributed by atoms with Gasteiger partial charge in [0.05, 0.1) is 54.1 Å². The second-order valence-corrected chi connectivity index (χ2v) is 9.37. The topological polar surface area (TPSA) is 82.4 Å². The van der Waals surface area contributed by atoms with E-state index in [1.807, 2.05) is 18.2 Å². The fourth-order valence-corrected chi connectivity index (χ4v) is 5.53. The quantitative estimate of drug-likeness (QED) is 0.387. The van der Waals surface area contributed by atoms with Gasteiger partial charge in [-0.15, -0.1) is 0 Å². The molecule has 37 heavy (non-hydrogen) atoms. The Balaban J connectivity index is 1.85. The van der Waals surface area contributed by atoms with E-state index >= 15 is 0 Å². The second kappa shape index (κ2) is 12.3. The van der Waals surface area contributed by atoms with Gasteiger partial charge in [-0.05, 0) is 56.8 Å². The summed E-state index contributed by atoms with van der Waals surface area (Å²) in [5, 5.41) is 10.3. The minimum absolute atomic E-state index is 0.280. The van der Waals surface area contributed by atoms with Gasteiger partial charge in [0.1, 0.15) is 0 Å². The van der Waals surface area contributed by atoms with Crippen LogP contribution in [0.15, 0.2) is 18.2 Å². The van der Waals surface area contributed by atoms with E-state index in [4.69, 9.17) is 28.4 Å². The van der Waals surface area contributed by atoms with E-state index in [1.54, 1.807) is 42.7 Å². The van der Waals surface area contributed by atoms with E-state index in [2.05, 4.69) is 24.9 Å². The largest absolute Gasteiger partial charge is 0.493 e. The molecular formula is C29H40N2O6. The summed E-state index contributed by atoms with van der Waals surface area (Å²) in [4.78, 5) is 2.34. The van der Waals surface area contributed by atoms with Gasteiger partial charge in [-0.1, -0.05) is 13.0 Å². The molecule has 202 valence electrons. The molecule has 0 aromatic heterocycles. The molecule has 1 heterocycles. The molecular weight excluding hydrogens is 472 g/mol. The highest BCUT2D eigenvalue weighted by Crippen LogP contribution is 2.52. The lowest BCUT2D eigenvalue weighted by molar-refractivity contribution is 0.189. The summed E-state index contributed by atoms with van der Waals surface area (Å²) < 4.78 is 33.8. The van der Waals surface area contributed by atoms with Gasteiger partial charge in [0.15, 0.2) is 23.0 Å². The Hall–Kier alpha value is -3.31. The van der Waals surface area contributed by atoms with E-state index in [9.17, 15) is 5.26 Å². The number of fused-ring (bicyclic) bond motifs is 1. The van der Waals surface area contributed by atoms with Crippen molar-refractivity contribution in [3.05, 3.63) is 34.9 Å². The summed E-state index contributed by atoms with van der Waals surface area (Å²) in [5.41, 5.74) is 2.51. The summed E-state index contributed by atoms with van der Waals surface area (Å²) in [6.07, 6.45) is 4.08. The highest BCUT2D eigenvalue weighted by molar-refractivity contribution is 5.67. The van der Waals surface area contributed by atoms with Crippen molar-refractivity contribution in [2.45, 2.75) is 57.0 Å². The number of ether oxygens (including phenoxy) is 6. The van der Waals surface area contributed by atoms with Crippen LogP contribution in [0, 0.1) is 11.3 Å². The second-order valence-electron chi connectivity index (χ2n) is 9.37. The smallest absolute Gasteiger partial charge is 0.207 e. The summed E-state index contributed by atoms with van der Waals surface area (Å²) in [5.74, 6) is 3.77. The van der Waals surface area contributed by atoms with Crippen molar-refractivity contribution in [1.82, 2.24) is 4.90 Å². The number of rotatable bonds is 12. The number of benzene rings is 2. The predicted octanol–water partition coefficient (Wildman–Crippen LogP) is 5.14. The molecule has 0 fully saturated rings. The molecule has 2 atom stereocenters. The zero-order chi connectivity index (χ0) is 27.2. The van der Waals surface area contributed by atoms with Crippen molar-refractivity contribution >= 4 is 0 Å². The Labute approximate surface area is 221 Å². The van der Waals surface area contributed by atoms with Crippen LogP contribution in [0.2, 0.25) is 0 Å². The third-order valence-electron chi connectivity index (χ3n) is 7.71. The van der Waals surface area contributed by atoms with Crippen molar-refractivity contribution in [1.29, 1.82) is 5.26 Å². The van der Waals surface area contributed by atoms with Crippen molar-refractivity contribution in [2.75, 3.05) is 49.7 Å². The standard InChI is InChI=1S/C29H40N2O6/c1-9-29(18-30,19-12-13-23(32-3)24(15-19)33-4)14-10-11-20-16-21-22(17-31(20)2)26(35-6)28(37-8)27(36-7)25(21)34-5/h12-13,15,20H,9-11,14,16-17H2,1-8H3. The molecule has 2 aromatic carbocycles. The monoisotopic (exact) mass is 512 g/mol. The number of hydrogen-bond acceptors (Lipinski definition) is 8. The zero-order valence-electron chi connectivity index (χ0n) is 23.4. The van der Waals surface area contributed by atoms with Crippen molar-refractivity contribution in [3.63, 3.8) is 0 Å². The van der Waals surface area contributed by atoms with E-state index in [1.165, 1.54) is 0 Å². The normalized spacial score (nSPS) is 16.7. The Bertz CT molecular complexity index is 1130. The number of nitriles is 1. The van der Waals surface area contributed by atoms with Crippen LogP contribution in [0.1, 0.15) is 49.3 Å². The minimum atomic E-state index is -0.595. The highest BCUT2D eigenvalue weighted by atomic mass is 16.5. The summed E-state index contributed by atoms with van der Waals surface area (Å²) in [7, 11) is 11.9. The first-order valence-electron chi connectivity index (χ1n) is 12.6. The first-order chi connectivity index (χ1) is 17.9. The van der Waals surface area contributed by atoms with Crippen LogP contribution in [-0.2, 0) is 18.4 Å². The zero-order valence-corrected chi connectivity index (χ0v) is 23.4. The molecule has 1 aliphatic rings. The van der Waals surface area contributed by atoms with Gasteiger partial charge in [-0.25, -0.2) is 0 Å². The van der Waals surface area contributed by atoms with E-state index in [0.717, 1.165) is 42.4 Å². The number of nitrogens with zero attached hydrogens (tertiary/aromatic N) is 2. The molecule has 0 saturated heterocycles. The van der Waals surface area contributed by atoms with Crippen LogP contribution in [0.25, 0.3) is 0 Å². The molecule has 2 aromatic rings. The maximum atomic E-state index is 10.3. The van der Waals surface area contributed by atoms with Crippen molar-refractivity contribution in [3.8, 4) is 40.6 Å². The Morgan fingerprint density at radius 1 is 0.865 bits per heavy atom. The lowest BCUT2D eigenvalue weighted by Gasteiger charge is -2.37. The van der Waals surface area contributed by atoms with E-state index < -0.39 is 5.41 Å². The van der Waals surface area contributed by atoms with Gasteiger partial charge in [0.25, 0.3) is 0 Å². The van der Waals surface area contributed by atoms with Crippen LogP contribution in [-0.4, -0.2) is 60.6 Å². The molecule has 8 heteroatoms.